The fourth-order valence-corrected chi connectivity index (χ4v) is 4.79. The highest BCUT2D eigenvalue weighted by atomic mass is 16.5. The van der Waals surface area contributed by atoms with Crippen molar-refractivity contribution < 1.29 is 4.74 Å². The van der Waals surface area contributed by atoms with Gasteiger partial charge in [-0.15, -0.1) is 0 Å². The van der Waals surface area contributed by atoms with Crippen LogP contribution < -0.4 is 5.73 Å². The van der Waals surface area contributed by atoms with Gasteiger partial charge in [0.25, 0.3) is 0 Å². The van der Waals surface area contributed by atoms with Crippen molar-refractivity contribution in [1.29, 1.82) is 0 Å². The number of hydrogen-bond acceptors (Lipinski definition) is 4. The summed E-state index contributed by atoms with van der Waals surface area (Å²) >= 11 is 0. The van der Waals surface area contributed by atoms with Crippen LogP contribution in [-0.2, 0) is 4.74 Å². The SMILES string of the molecule is CCC(CC)N(CCOC)C1(CN)CC2CCC(C1)N2C. The molecule has 0 amide bonds. The first-order chi connectivity index (χ1) is 10.1. The lowest BCUT2D eigenvalue weighted by Crippen LogP contribution is -2.64. The first kappa shape index (κ1) is 17.2. The van der Waals surface area contributed by atoms with Crippen molar-refractivity contribution in [3.8, 4) is 0 Å². The van der Waals surface area contributed by atoms with Gasteiger partial charge < -0.3 is 15.4 Å². The molecule has 124 valence electrons. The van der Waals surface area contributed by atoms with Gasteiger partial charge in [-0.1, -0.05) is 13.8 Å². The summed E-state index contributed by atoms with van der Waals surface area (Å²) in [5.41, 5.74) is 6.54. The topological polar surface area (TPSA) is 41.7 Å². The number of nitrogens with two attached hydrogens (primary N) is 1. The van der Waals surface area contributed by atoms with E-state index in [4.69, 9.17) is 10.5 Å². The lowest BCUT2D eigenvalue weighted by Gasteiger charge is -2.53. The van der Waals surface area contributed by atoms with Crippen molar-refractivity contribution in [2.24, 2.45) is 5.73 Å². The first-order valence-electron chi connectivity index (χ1n) is 8.79. The Morgan fingerprint density at radius 3 is 2.24 bits per heavy atom. The zero-order valence-corrected chi connectivity index (χ0v) is 14.5. The number of rotatable bonds is 8. The van der Waals surface area contributed by atoms with Crippen LogP contribution >= 0.6 is 0 Å². The van der Waals surface area contributed by atoms with E-state index in [0.717, 1.165) is 31.8 Å². The minimum absolute atomic E-state index is 0.188. The maximum Gasteiger partial charge on any atom is 0.0590 e. The maximum atomic E-state index is 6.35. The summed E-state index contributed by atoms with van der Waals surface area (Å²) in [7, 11) is 4.11. The van der Waals surface area contributed by atoms with Crippen molar-refractivity contribution >= 4 is 0 Å². The van der Waals surface area contributed by atoms with E-state index in [-0.39, 0.29) is 5.54 Å². The van der Waals surface area contributed by atoms with Gasteiger partial charge in [0.15, 0.2) is 0 Å². The molecule has 2 aliphatic heterocycles. The Labute approximate surface area is 131 Å². The summed E-state index contributed by atoms with van der Waals surface area (Å²) in [5, 5.41) is 0. The molecule has 2 unspecified atom stereocenters. The zero-order chi connectivity index (χ0) is 15.5. The summed E-state index contributed by atoms with van der Waals surface area (Å²) < 4.78 is 5.39. The Kier molecular flexibility index (Phi) is 6.06. The molecule has 0 aromatic rings. The molecule has 0 aromatic heterocycles. The molecule has 21 heavy (non-hydrogen) atoms. The molecular weight excluding hydrogens is 262 g/mol. The zero-order valence-electron chi connectivity index (χ0n) is 14.5. The normalized spacial score (nSPS) is 33.3. The molecule has 2 rings (SSSR count). The van der Waals surface area contributed by atoms with Crippen LogP contribution in [0.15, 0.2) is 0 Å². The number of fused-ring (bicyclic) bond motifs is 2. The largest absolute Gasteiger partial charge is 0.383 e. The van der Waals surface area contributed by atoms with E-state index in [1.807, 2.05) is 0 Å². The Morgan fingerprint density at radius 1 is 1.24 bits per heavy atom. The quantitative estimate of drug-likeness (QED) is 0.745. The van der Waals surface area contributed by atoms with Crippen LogP contribution in [0.2, 0.25) is 0 Å². The highest BCUT2D eigenvalue weighted by Gasteiger charge is 2.49. The molecule has 2 fully saturated rings. The molecule has 0 saturated carbocycles. The van der Waals surface area contributed by atoms with Crippen molar-refractivity contribution in [3.05, 3.63) is 0 Å². The van der Waals surface area contributed by atoms with Crippen molar-refractivity contribution in [2.75, 3.05) is 33.9 Å². The molecule has 2 atom stereocenters. The Balaban J connectivity index is 2.21. The Morgan fingerprint density at radius 2 is 1.81 bits per heavy atom. The average molecular weight is 297 g/mol. The lowest BCUT2D eigenvalue weighted by atomic mass is 9.80. The second kappa shape index (κ2) is 7.40. The van der Waals surface area contributed by atoms with Crippen LogP contribution in [0.1, 0.15) is 52.4 Å². The van der Waals surface area contributed by atoms with Crippen molar-refractivity contribution in [1.82, 2.24) is 9.80 Å². The van der Waals surface area contributed by atoms with Crippen molar-refractivity contribution in [2.45, 2.75) is 76.0 Å². The predicted octanol–water partition coefficient (Wildman–Crippen LogP) is 2.08. The van der Waals surface area contributed by atoms with Crippen LogP contribution in [0.5, 0.6) is 0 Å². The molecule has 2 bridgehead atoms. The van der Waals surface area contributed by atoms with Crippen LogP contribution in [0.25, 0.3) is 0 Å². The highest BCUT2D eigenvalue weighted by molar-refractivity contribution is 5.07. The molecule has 0 aliphatic carbocycles. The van der Waals surface area contributed by atoms with Gasteiger partial charge in [0, 0.05) is 43.9 Å². The van der Waals surface area contributed by atoms with Gasteiger partial charge in [-0.3, -0.25) is 4.90 Å². The second-order valence-corrected chi connectivity index (χ2v) is 7.04. The van der Waals surface area contributed by atoms with Gasteiger partial charge in [0.05, 0.1) is 6.61 Å². The third-order valence-electron chi connectivity index (χ3n) is 6.13. The number of piperidine rings is 1. The van der Waals surface area contributed by atoms with Gasteiger partial charge in [0.1, 0.15) is 0 Å². The molecule has 0 radical (unpaired) electrons. The van der Waals surface area contributed by atoms with Gasteiger partial charge in [-0.05, 0) is 45.6 Å². The predicted molar refractivity (Wildman–Crippen MR) is 88.5 cm³/mol. The van der Waals surface area contributed by atoms with E-state index in [1.54, 1.807) is 7.11 Å². The standard InChI is InChI=1S/C17H35N3O/c1-5-14(6-2)20(9-10-21-4)17(13-18)11-15-7-8-16(12-17)19(15)3/h14-16H,5-13,18H2,1-4H3. The monoisotopic (exact) mass is 297 g/mol. The second-order valence-electron chi connectivity index (χ2n) is 7.04. The molecule has 4 nitrogen and oxygen atoms in total. The Bertz CT molecular complexity index is 305. The minimum Gasteiger partial charge on any atom is -0.383 e. The smallest absolute Gasteiger partial charge is 0.0590 e. The molecule has 4 heteroatoms. The summed E-state index contributed by atoms with van der Waals surface area (Å²) in [6, 6.07) is 2.09. The molecule has 2 N–H and O–H groups in total. The van der Waals surface area contributed by atoms with Crippen LogP contribution in [0.4, 0.5) is 0 Å². The van der Waals surface area contributed by atoms with Crippen LogP contribution in [0, 0.1) is 0 Å². The molecule has 2 aliphatic rings. The van der Waals surface area contributed by atoms with E-state index >= 15 is 0 Å². The molecule has 2 heterocycles. The molecule has 0 spiro atoms. The lowest BCUT2D eigenvalue weighted by molar-refractivity contribution is -0.0373. The first-order valence-corrected chi connectivity index (χ1v) is 8.79. The number of nitrogens with zero attached hydrogens (tertiary/aromatic N) is 2. The third-order valence-corrected chi connectivity index (χ3v) is 6.13. The van der Waals surface area contributed by atoms with Crippen LogP contribution in [-0.4, -0.2) is 67.3 Å². The molecule has 0 aromatic carbocycles. The van der Waals surface area contributed by atoms with Crippen LogP contribution in [0.3, 0.4) is 0 Å². The minimum atomic E-state index is 0.188. The molecule has 2 saturated heterocycles. The highest BCUT2D eigenvalue weighted by Crippen LogP contribution is 2.43. The third kappa shape index (κ3) is 3.29. The van der Waals surface area contributed by atoms with Crippen molar-refractivity contribution in [3.63, 3.8) is 0 Å². The summed E-state index contributed by atoms with van der Waals surface area (Å²) in [6.07, 6.45) is 7.57. The Hall–Kier alpha value is -0.160. The molecular formula is C17H35N3O. The summed E-state index contributed by atoms with van der Waals surface area (Å²) in [4.78, 5) is 5.32. The van der Waals surface area contributed by atoms with Gasteiger partial charge in [-0.25, -0.2) is 0 Å². The fraction of sp³-hybridized carbons (Fsp3) is 1.00. The van der Waals surface area contributed by atoms with E-state index in [9.17, 15) is 0 Å². The number of hydrogen-bond donors (Lipinski definition) is 1. The van der Waals surface area contributed by atoms with E-state index < -0.39 is 0 Å². The number of ether oxygens (including phenoxy) is 1. The van der Waals surface area contributed by atoms with Gasteiger partial charge in [-0.2, -0.15) is 0 Å². The maximum absolute atomic E-state index is 6.35. The average Bonchev–Trinajstić information content (AvgIpc) is 2.74. The summed E-state index contributed by atoms with van der Waals surface area (Å²) in [6.45, 7) is 7.23. The fourth-order valence-electron chi connectivity index (χ4n) is 4.79. The van der Waals surface area contributed by atoms with Gasteiger partial charge in [0.2, 0.25) is 0 Å². The summed E-state index contributed by atoms with van der Waals surface area (Å²) in [5.74, 6) is 0. The number of methoxy groups -OCH3 is 1. The van der Waals surface area contributed by atoms with E-state index in [1.165, 1.54) is 38.5 Å². The van der Waals surface area contributed by atoms with Gasteiger partial charge >= 0.3 is 0 Å². The van der Waals surface area contributed by atoms with E-state index in [2.05, 4.69) is 30.7 Å². The van der Waals surface area contributed by atoms with E-state index in [0.29, 0.717) is 6.04 Å².